The minimum atomic E-state index is -0.771. The van der Waals surface area contributed by atoms with Crippen LogP contribution in [0.3, 0.4) is 0 Å². The lowest BCUT2D eigenvalue weighted by molar-refractivity contribution is 0.368. The van der Waals surface area contributed by atoms with Crippen molar-refractivity contribution in [3.63, 3.8) is 0 Å². The Morgan fingerprint density at radius 2 is 1.43 bits per heavy atom. The van der Waals surface area contributed by atoms with E-state index in [1.54, 1.807) is 21.3 Å². The fraction of sp³-hybridized carbons (Fsp3) is 0.294. The Bertz CT molecular complexity index is 601. The summed E-state index contributed by atoms with van der Waals surface area (Å²) in [5.74, 6) is 2.15. The van der Waals surface area contributed by atoms with E-state index in [0.717, 1.165) is 16.9 Å². The third-order valence-corrected chi connectivity index (χ3v) is 3.62. The minimum Gasteiger partial charge on any atom is -0.497 e. The summed E-state index contributed by atoms with van der Waals surface area (Å²) in [6.07, 6.45) is 0. The lowest BCUT2D eigenvalue weighted by Gasteiger charge is -2.29. The molecule has 2 aromatic carbocycles. The molecule has 0 bridgehead atoms. The molecule has 4 heteroatoms. The standard InChI is InChI=1S/C17H21NO3/c1-17(18,12-7-5-8-13(11-12)19-2)16-14(20-3)9-6-10-15(16)21-4/h5-11H,18H2,1-4H3. The van der Waals surface area contributed by atoms with Crippen LogP contribution < -0.4 is 19.9 Å². The Morgan fingerprint density at radius 3 is 1.95 bits per heavy atom. The molecule has 112 valence electrons. The van der Waals surface area contributed by atoms with Crippen molar-refractivity contribution >= 4 is 0 Å². The van der Waals surface area contributed by atoms with Gasteiger partial charge in [0.1, 0.15) is 17.2 Å². The van der Waals surface area contributed by atoms with Gasteiger partial charge in [0, 0.05) is 0 Å². The van der Waals surface area contributed by atoms with Crippen LogP contribution in [0.15, 0.2) is 42.5 Å². The topological polar surface area (TPSA) is 53.7 Å². The average Bonchev–Trinajstić information content (AvgIpc) is 2.53. The summed E-state index contributed by atoms with van der Waals surface area (Å²) < 4.78 is 16.2. The number of hydrogen-bond donors (Lipinski definition) is 1. The lowest BCUT2D eigenvalue weighted by Crippen LogP contribution is -2.35. The van der Waals surface area contributed by atoms with Gasteiger partial charge in [0.05, 0.1) is 32.4 Å². The van der Waals surface area contributed by atoms with Gasteiger partial charge in [-0.15, -0.1) is 0 Å². The average molecular weight is 287 g/mol. The number of ether oxygens (including phenoxy) is 3. The molecule has 0 aliphatic rings. The zero-order chi connectivity index (χ0) is 15.5. The zero-order valence-corrected chi connectivity index (χ0v) is 12.8. The van der Waals surface area contributed by atoms with Crippen molar-refractivity contribution in [3.05, 3.63) is 53.6 Å². The Kier molecular flexibility index (Phi) is 4.38. The number of methoxy groups -OCH3 is 3. The van der Waals surface area contributed by atoms with E-state index in [0.29, 0.717) is 11.5 Å². The van der Waals surface area contributed by atoms with E-state index >= 15 is 0 Å². The predicted molar refractivity (Wildman–Crippen MR) is 83.2 cm³/mol. The van der Waals surface area contributed by atoms with Gasteiger partial charge in [-0.05, 0) is 36.8 Å². The van der Waals surface area contributed by atoms with E-state index in [2.05, 4.69) is 0 Å². The first-order valence-corrected chi connectivity index (χ1v) is 6.69. The lowest BCUT2D eigenvalue weighted by atomic mass is 9.84. The highest BCUT2D eigenvalue weighted by Gasteiger charge is 2.31. The Balaban J connectivity index is 2.62. The molecule has 0 saturated carbocycles. The molecule has 21 heavy (non-hydrogen) atoms. The maximum absolute atomic E-state index is 6.62. The molecular formula is C17H21NO3. The van der Waals surface area contributed by atoms with Crippen LogP contribution in [0, 0.1) is 0 Å². The first-order valence-electron chi connectivity index (χ1n) is 6.69. The molecular weight excluding hydrogens is 266 g/mol. The van der Waals surface area contributed by atoms with Crippen molar-refractivity contribution in [2.75, 3.05) is 21.3 Å². The van der Waals surface area contributed by atoms with Crippen molar-refractivity contribution in [1.82, 2.24) is 0 Å². The second-order valence-electron chi connectivity index (χ2n) is 4.97. The molecule has 0 heterocycles. The molecule has 1 unspecified atom stereocenters. The van der Waals surface area contributed by atoms with Gasteiger partial charge in [-0.2, -0.15) is 0 Å². The Labute approximate surface area is 125 Å². The highest BCUT2D eigenvalue weighted by Crippen LogP contribution is 2.40. The molecule has 2 aromatic rings. The Hall–Kier alpha value is -2.20. The maximum atomic E-state index is 6.62. The van der Waals surface area contributed by atoms with Gasteiger partial charge in [-0.3, -0.25) is 0 Å². The molecule has 0 amide bonds. The molecule has 0 saturated heterocycles. The third kappa shape index (κ3) is 2.81. The summed E-state index contributed by atoms with van der Waals surface area (Å²) in [5.41, 5.74) is 7.58. The van der Waals surface area contributed by atoms with Crippen molar-refractivity contribution < 1.29 is 14.2 Å². The van der Waals surface area contributed by atoms with Gasteiger partial charge in [0.2, 0.25) is 0 Å². The van der Waals surface area contributed by atoms with Crippen LogP contribution in [-0.2, 0) is 5.54 Å². The summed E-state index contributed by atoms with van der Waals surface area (Å²) in [6, 6.07) is 13.3. The van der Waals surface area contributed by atoms with Gasteiger partial charge in [0.25, 0.3) is 0 Å². The van der Waals surface area contributed by atoms with Gasteiger partial charge >= 0.3 is 0 Å². The van der Waals surface area contributed by atoms with Crippen LogP contribution in [0.1, 0.15) is 18.1 Å². The van der Waals surface area contributed by atoms with Crippen LogP contribution in [0.4, 0.5) is 0 Å². The molecule has 2 rings (SSSR count). The van der Waals surface area contributed by atoms with Crippen molar-refractivity contribution in [2.45, 2.75) is 12.5 Å². The monoisotopic (exact) mass is 287 g/mol. The minimum absolute atomic E-state index is 0.696. The summed E-state index contributed by atoms with van der Waals surface area (Å²) in [5, 5.41) is 0. The van der Waals surface area contributed by atoms with Gasteiger partial charge in [0.15, 0.2) is 0 Å². The van der Waals surface area contributed by atoms with Crippen LogP contribution in [0.5, 0.6) is 17.2 Å². The predicted octanol–water partition coefficient (Wildman–Crippen LogP) is 2.93. The molecule has 0 fully saturated rings. The number of rotatable bonds is 5. The van der Waals surface area contributed by atoms with Crippen molar-refractivity contribution in [1.29, 1.82) is 0 Å². The molecule has 2 N–H and O–H groups in total. The van der Waals surface area contributed by atoms with Crippen molar-refractivity contribution in [2.24, 2.45) is 5.73 Å². The molecule has 0 radical (unpaired) electrons. The van der Waals surface area contributed by atoms with E-state index in [1.807, 2.05) is 49.4 Å². The molecule has 0 aromatic heterocycles. The second-order valence-corrected chi connectivity index (χ2v) is 4.97. The third-order valence-electron chi connectivity index (χ3n) is 3.62. The molecule has 4 nitrogen and oxygen atoms in total. The van der Waals surface area contributed by atoms with Crippen LogP contribution >= 0.6 is 0 Å². The van der Waals surface area contributed by atoms with Crippen molar-refractivity contribution in [3.8, 4) is 17.2 Å². The van der Waals surface area contributed by atoms with Crippen LogP contribution in [-0.4, -0.2) is 21.3 Å². The highest BCUT2D eigenvalue weighted by molar-refractivity contribution is 5.54. The second kappa shape index (κ2) is 6.06. The van der Waals surface area contributed by atoms with E-state index in [-0.39, 0.29) is 0 Å². The number of benzene rings is 2. The fourth-order valence-electron chi connectivity index (χ4n) is 2.45. The molecule has 0 spiro atoms. The summed E-state index contributed by atoms with van der Waals surface area (Å²) in [6.45, 7) is 1.93. The molecule has 0 aliphatic heterocycles. The largest absolute Gasteiger partial charge is 0.497 e. The zero-order valence-electron chi connectivity index (χ0n) is 12.8. The SMILES string of the molecule is COc1cccc(C(C)(N)c2c(OC)cccc2OC)c1. The summed E-state index contributed by atoms with van der Waals surface area (Å²) in [4.78, 5) is 0. The van der Waals surface area contributed by atoms with Gasteiger partial charge in [-0.25, -0.2) is 0 Å². The Morgan fingerprint density at radius 1 is 0.857 bits per heavy atom. The maximum Gasteiger partial charge on any atom is 0.127 e. The van der Waals surface area contributed by atoms with Gasteiger partial charge < -0.3 is 19.9 Å². The number of hydrogen-bond acceptors (Lipinski definition) is 4. The first kappa shape index (κ1) is 15.2. The quantitative estimate of drug-likeness (QED) is 0.918. The molecule has 1 atom stereocenters. The van der Waals surface area contributed by atoms with E-state index < -0.39 is 5.54 Å². The van der Waals surface area contributed by atoms with Gasteiger partial charge in [-0.1, -0.05) is 18.2 Å². The van der Waals surface area contributed by atoms with E-state index in [1.165, 1.54) is 0 Å². The van der Waals surface area contributed by atoms with E-state index in [9.17, 15) is 0 Å². The summed E-state index contributed by atoms with van der Waals surface area (Å²) >= 11 is 0. The first-order chi connectivity index (χ1) is 10.0. The van der Waals surface area contributed by atoms with Crippen LogP contribution in [0.2, 0.25) is 0 Å². The highest BCUT2D eigenvalue weighted by atomic mass is 16.5. The van der Waals surface area contributed by atoms with E-state index in [4.69, 9.17) is 19.9 Å². The smallest absolute Gasteiger partial charge is 0.127 e. The van der Waals surface area contributed by atoms with Crippen LogP contribution in [0.25, 0.3) is 0 Å². The fourth-order valence-corrected chi connectivity index (χ4v) is 2.45. The number of nitrogens with two attached hydrogens (primary N) is 1. The summed E-state index contributed by atoms with van der Waals surface area (Å²) in [7, 11) is 4.89. The molecule has 0 aliphatic carbocycles. The normalized spacial score (nSPS) is 13.4.